The van der Waals surface area contributed by atoms with Gasteiger partial charge in [-0.05, 0) is 6.42 Å². The highest BCUT2D eigenvalue weighted by Gasteiger charge is 2.41. The van der Waals surface area contributed by atoms with Crippen LogP contribution in [0.3, 0.4) is 0 Å². The number of rotatable bonds is 13. The molecule has 6 nitrogen and oxygen atoms in total. The molecule has 0 saturated carbocycles. The average Bonchev–Trinajstić information content (AvgIpc) is 3.02. The number of carbonyl (C=O) groups is 2. The molecule has 9 heteroatoms. The number of carbonyl (C=O) groups excluding carboxylic acids is 1. The lowest BCUT2D eigenvalue weighted by molar-refractivity contribution is -0.147. The Morgan fingerprint density at radius 2 is 1.50 bits per heavy atom. The van der Waals surface area contributed by atoms with Gasteiger partial charge in [0.15, 0.2) is 11.4 Å². The zero-order valence-electron chi connectivity index (χ0n) is 16.5. The summed E-state index contributed by atoms with van der Waals surface area (Å²) in [5.74, 6) is -4.23. The van der Waals surface area contributed by atoms with Gasteiger partial charge in [0.2, 0.25) is 5.82 Å². The normalized spacial score (nSPS) is 11.6. The molecule has 1 N–H and O–H groups in total. The van der Waals surface area contributed by atoms with E-state index < -0.39 is 35.3 Å². The van der Waals surface area contributed by atoms with E-state index >= 15 is 0 Å². The van der Waals surface area contributed by atoms with E-state index in [1.807, 2.05) is 0 Å². The lowest BCUT2D eigenvalue weighted by Crippen LogP contribution is -2.19. The van der Waals surface area contributed by atoms with E-state index in [4.69, 9.17) is 0 Å². The lowest BCUT2D eigenvalue weighted by atomic mass is 10.1. The van der Waals surface area contributed by atoms with Crippen LogP contribution in [-0.4, -0.2) is 33.7 Å². The molecule has 0 amide bonds. The molecule has 0 fully saturated rings. The Labute approximate surface area is 163 Å². The first-order valence-corrected chi connectivity index (χ1v) is 9.73. The van der Waals surface area contributed by atoms with Crippen LogP contribution in [0, 0.1) is 0 Å². The number of ether oxygens (including phenoxy) is 1. The lowest BCUT2D eigenvalue weighted by Gasteiger charge is -2.12. The van der Waals surface area contributed by atoms with E-state index in [1.165, 1.54) is 25.7 Å². The number of carboxylic acid groups (broad SMARTS) is 1. The molecule has 0 bridgehead atoms. The van der Waals surface area contributed by atoms with Crippen LogP contribution in [0.15, 0.2) is 0 Å². The van der Waals surface area contributed by atoms with Crippen molar-refractivity contribution in [3.8, 4) is 0 Å². The molecule has 0 aliphatic rings. The number of hydrogen-bond donors (Lipinski definition) is 1. The summed E-state index contributed by atoms with van der Waals surface area (Å²) in [5, 5.41) is 9.30. The third-order valence-electron chi connectivity index (χ3n) is 4.54. The third-order valence-corrected chi connectivity index (χ3v) is 4.54. The molecule has 0 saturated heterocycles. The van der Waals surface area contributed by atoms with Crippen molar-refractivity contribution in [2.24, 2.45) is 0 Å². The van der Waals surface area contributed by atoms with Gasteiger partial charge >= 0.3 is 18.1 Å². The maximum absolute atomic E-state index is 13.2. The van der Waals surface area contributed by atoms with E-state index in [2.05, 4.69) is 16.6 Å². The van der Waals surface area contributed by atoms with Crippen molar-refractivity contribution in [1.29, 1.82) is 0 Å². The van der Waals surface area contributed by atoms with Gasteiger partial charge in [-0.15, -0.1) is 0 Å². The largest absolute Gasteiger partial charge is 0.476 e. The molecule has 0 aliphatic heterocycles. The molecule has 0 spiro atoms. The van der Waals surface area contributed by atoms with Crippen molar-refractivity contribution in [2.75, 3.05) is 7.11 Å². The van der Waals surface area contributed by atoms with Crippen molar-refractivity contribution in [3.63, 3.8) is 0 Å². The number of imidazole rings is 1. The number of unbranched alkanes of at least 4 members (excludes halogenated alkanes) is 9. The maximum Gasteiger partial charge on any atom is 0.449 e. The van der Waals surface area contributed by atoms with Gasteiger partial charge in [-0.25, -0.2) is 14.6 Å². The number of nitrogens with zero attached hydrogens (tertiary/aromatic N) is 2. The standard InChI is InChI=1S/C19H29F3N2O4/c1-3-4-5-6-7-8-9-10-11-12-13-24-15(16(25)26)14(17(27)28-2)23-18(24)19(20,21)22/h3-13H2,1-2H3,(H,25,26). The highest BCUT2D eigenvalue weighted by molar-refractivity contribution is 6.00. The SMILES string of the molecule is CCCCCCCCCCCCn1c(C(F)(F)F)nc(C(=O)OC)c1C(=O)O. The minimum Gasteiger partial charge on any atom is -0.476 e. The fourth-order valence-corrected chi connectivity index (χ4v) is 3.10. The van der Waals surface area contributed by atoms with E-state index in [0.717, 1.165) is 32.8 Å². The van der Waals surface area contributed by atoms with Crippen molar-refractivity contribution < 1.29 is 32.6 Å². The predicted octanol–water partition coefficient (Wildman–Crippen LogP) is 5.31. The summed E-state index contributed by atoms with van der Waals surface area (Å²) in [6.45, 7) is 1.99. The second kappa shape index (κ2) is 11.7. The molecule has 0 aliphatic carbocycles. The molecular weight excluding hydrogens is 377 g/mol. The van der Waals surface area contributed by atoms with Gasteiger partial charge in [0.05, 0.1) is 7.11 Å². The highest BCUT2D eigenvalue weighted by Crippen LogP contribution is 2.31. The van der Waals surface area contributed by atoms with Crippen LogP contribution in [0.4, 0.5) is 13.2 Å². The smallest absolute Gasteiger partial charge is 0.449 e. The van der Waals surface area contributed by atoms with Gasteiger partial charge in [0.1, 0.15) is 0 Å². The summed E-state index contributed by atoms with van der Waals surface area (Å²) in [5.41, 5.74) is -1.61. The van der Waals surface area contributed by atoms with E-state index in [-0.39, 0.29) is 6.54 Å². The summed E-state index contributed by atoms with van der Waals surface area (Å²) in [4.78, 5) is 26.3. The monoisotopic (exact) mass is 406 g/mol. The first-order valence-electron chi connectivity index (χ1n) is 9.73. The quantitative estimate of drug-likeness (QED) is 0.355. The van der Waals surface area contributed by atoms with Crippen LogP contribution in [0.5, 0.6) is 0 Å². The molecule has 1 aromatic rings. The summed E-state index contributed by atoms with van der Waals surface area (Å²) in [6, 6.07) is 0. The summed E-state index contributed by atoms with van der Waals surface area (Å²) >= 11 is 0. The Hall–Kier alpha value is -2.06. The van der Waals surface area contributed by atoms with Crippen molar-refractivity contribution >= 4 is 11.9 Å². The molecule has 0 atom stereocenters. The molecule has 160 valence electrons. The Bertz CT molecular complexity index is 642. The molecule has 0 unspecified atom stereocenters. The Morgan fingerprint density at radius 3 is 1.93 bits per heavy atom. The maximum atomic E-state index is 13.2. The van der Waals surface area contributed by atoms with Gasteiger partial charge in [0.25, 0.3) is 0 Å². The van der Waals surface area contributed by atoms with Gasteiger partial charge in [-0.3, -0.25) is 0 Å². The molecule has 1 aromatic heterocycles. The first kappa shape index (κ1) is 24.0. The zero-order valence-corrected chi connectivity index (χ0v) is 16.5. The molecule has 0 radical (unpaired) electrons. The number of methoxy groups -OCH3 is 1. The van der Waals surface area contributed by atoms with Crippen LogP contribution in [0.1, 0.15) is 97.9 Å². The summed E-state index contributed by atoms with van der Waals surface area (Å²) < 4.78 is 44.7. The highest BCUT2D eigenvalue weighted by atomic mass is 19.4. The summed E-state index contributed by atoms with van der Waals surface area (Å²) in [7, 11) is 0.961. The van der Waals surface area contributed by atoms with Crippen LogP contribution in [0.2, 0.25) is 0 Å². The average molecular weight is 406 g/mol. The van der Waals surface area contributed by atoms with Crippen molar-refractivity contribution in [2.45, 2.75) is 83.9 Å². The van der Waals surface area contributed by atoms with E-state index in [9.17, 15) is 27.9 Å². The third kappa shape index (κ3) is 7.16. The van der Waals surface area contributed by atoms with Crippen LogP contribution in [-0.2, 0) is 17.5 Å². The second-order valence-corrected chi connectivity index (χ2v) is 6.76. The minimum atomic E-state index is -4.87. The number of aromatic carboxylic acids is 1. The molecule has 1 heterocycles. The number of alkyl halides is 3. The van der Waals surface area contributed by atoms with Crippen LogP contribution < -0.4 is 0 Å². The Kier molecular flexibility index (Phi) is 10.0. The molecule has 1 rings (SSSR count). The van der Waals surface area contributed by atoms with Gasteiger partial charge in [-0.1, -0.05) is 64.7 Å². The first-order chi connectivity index (χ1) is 13.2. The number of esters is 1. The van der Waals surface area contributed by atoms with E-state index in [1.54, 1.807) is 0 Å². The molecule has 28 heavy (non-hydrogen) atoms. The van der Waals surface area contributed by atoms with Crippen LogP contribution >= 0.6 is 0 Å². The molecular formula is C19H29F3N2O4. The number of carboxylic acids is 1. The van der Waals surface area contributed by atoms with Gasteiger partial charge in [-0.2, -0.15) is 13.2 Å². The predicted molar refractivity (Wildman–Crippen MR) is 97.4 cm³/mol. The topological polar surface area (TPSA) is 81.4 Å². The van der Waals surface area contributed by atoms with Crippen LogP contribution in [0.25, 0.3) is 0 Å². The fourth-order valence-electron chi connectivity index (χ4n) is 3.10. The van der Waals surface area contributed by atoms with Gasteiger partial charge in [0, 0.05) is 6.54 Å². The molecule has 0 aromatic carbocycles. The number of halogens is 3. The summed E-state index contributed by atoms with van der Waals surface area (Å²) in [6.07, 6.45) is 5.19. The zero-order chi connectivity index (χ0) is 21.2. The van der Waals surface area contributed by atoms with Crippen molar-refractivity contribution in [3.05, 3.63) is 17.2 Å². The minimum absolute atomic E-state index is 0.170. The van der Waals surface area contributed by atoms with Crippen molar-refractivity contribution in [1.82, 2.24) is 9.55 Å². The van der Waals surface area contributed by atoms with Gasteiger partial charge < -0.3 is 14.4 Å². The number of hydrogen-bond acceptors (Lipinski definition) is 4. The Balaban J connectivity index is 2.67. The van der Waals surface area contributed by atoms with E-state index in [0.29, 0.717) is 17.4 Å². The second-order valence-electron chi connectivity index (χ2n) is 6.76. The Morgan fingerprint density at radius 1 is 1.00 bits per heavy atom. The fraction of sp³-hybridized carbons (Fsp3) is 0.737. The number of aromatic nitrogens is 2.